The van der Waals surface area contributed by atoms with Crippen LogP contribution in [0.15, 0.2) is 41.3 Å². The maximum Gasteiger partial charge on any atom is 0.255 e. The minimum atomic E-state index is -3.82. The molecule has 0 unspecified atom stereocenters. The van der Waals surface area contributed by atoms with Crippen LogP contribution in [0.2, 0.25) is 5.02 Å². The summed E-state index contributed by atoms with van der Waals surface area (Å²) < 4.78 is 46.5. The molecule has 11 heteroatoms. The van der Waals surface area contributed by atoms with Crippen LogP contribution >= 0.6 is 11.6 Å². The first-order valence-electron chi connectivity index (χ1n) is 10.4. The highest BCUT2D eigenvalue weighted by molar-refractivity contribution is 7.89. The molecule has 1 heterocycles. The van der Waals surface area contributed by atoms with Crippen molar-refractivity contribution in [3.63, 3.8) is 0 Å². The Labute approximate surface area is 196 Å². The molecule has 2 aromatic rings. The van der Waals surface area contributed by atoms with Gasteiger partial charge in [0, 0.05) is 37.8 Å². The summed E-state index contributed by atoms with van der Waals surface area (Å²) in [6, 6.07) is 7.82. The average molecular weight is 496 g/mol. The van der Waals surface area contributed by atoms with Gasteiger partial charge in [-0.05, 0) is 49.2 Å². The second kappa shape index (κ2) is 9.28. The van der Waals surface area contributed by atoms with Gasteiger partial charge in [-0.3, -0.25) is 9.59 Å². The minimum absolute atomic E-state index is 0.0327. The lowest BCUT2D eigenvalue weighted by Gasteiger charge is -2.35. The lowest BCUT2D eigenvalue weighted by Crippen LogP contribution is -2.50. The van der Waals surface area contributed by atoms with Crippen LogP contribution in [0.25, 0.3) is 0 Å². The molecule has 2 aromatic carbocycles. The molecular weight excluding hydrogens is 473 g/mol. The van der Waals surface area contributed by atoms with Gasteiger partial charge >= 0.3 is 0 Å². The number of nitrogens with one attached hydrogen (secondary N) is 1. The van der Waals surface area contributed by atoms with E-state index in [9.17, 15) is 22.4 Å². The quantitative estimate of drug-likeness (QED) is 0.664. The number of halogens is 2. The first-order chi connectivity index (χ1) is 15.7. The van der Waals surface area contributed by atoms with Crippen molar-refractivity contribution in [2.75, 3.05) is 33.3 Å². The van der Waals surface area contributed by atoms with E-state index in [1.54, 1.807) is 9.80 Å². The van der Waals surface area contributed by atoms with Gasteiger partial charge in [0.15, 0.2) is 0 Å². The summed E-state index contributed by atoms with van der Waals surface area (Å²) in [7, 11) is -2.45. The van der Waals surface area contributed by atoms with Crippen LogP contribution in [-0.4, -0.2) is 69.4 Å². The smallest absolute Gasteiger partial charge is 0.255 e. The Hall–Kier alpha value is -2.69. The number of rotatable bonds is 6. The summed E-state index contributed by atoms with van der Waals surface area (Å²) >= 11 is 6.00. The number of carbonyl (C=O) groups is 2. The van der Waals surface area contributed by atoms with Crippen LogP contribution in [0.3, 0.4) is 0 Å². The van der Waals surface area contributed by atoms with Crippen LogP contribution in [0.1, 0.15) is 33.6 Å². The lowest BCUT2D eigenvalue weighted by molar-refractivity contribution is 0.0535. The first kappa shape index (κ1) is 23.5. The molecule has 1 N–H and O–H groups in total. The second-order valence-corrected chi connectivity index (χ2v) is 10.1. The molecule has 1 saturated heterocycles. The summed E-state index contributed by atoms with van der Waals surface area (Å²) in [5, 5.41) is 0.0327. The van der Waals surface area contributed by atoms with Crippen molar-refractivity contribution in [1.82, 2.24) is 14.5 Å². The number of piperazine rings is 1. The van der Waals surface area contributed by atoms with Gasteiger partial charge in [0.25, 0.3) is 11.8 Å². The average Bonchev–Trinajstić information content (AvgIpc) is 3.61. The third kappa shape index (κ3) is 5.13. The molecule has 2 fully saturated rings. The number of carbonyl (C=O) groups excluding carboxylic acids is 2. The van der Waals surface area contributed by atoms with Gasteiger partial charge < -0.3 is 14.5 Å². The Bertz CT molecular complexity index is 1190. The highest BCUT2D eigenvalue weighted by Gasteiger charge is 2.31. The third-order valence-electron chi connectivity index (χ3n) is 5.61. The number of hydrogen-bond acceptors (Lipinski definition) is 5. The van der Waals surface area contributed by atoms with Crippen molar-refractivity contribution >= 4 is 33.4 Å². The maximum absolute atomic E-state index is 13.3. The Morgan fingerprint density at radius 1 is 1.03 bits per heavy atom. The summed E-state index contributed by atoms with van der Waals surface area (Å²) in [5.74, 6) is -1.05. The topological polar surface area (TPSA) is 96.0 Å². The van der Waals surface area contributed by atoms with Gasteiger partial charge in [-0.15, -0.1) is 0 Å². The van der Waals surface area contributed by atoms with Crippen molar-refractivity contribution < 1.29 is 27.1 Å². The monoisotopic (exact) mass is 495 g/mol. The highest BCUT2D eigenvalue weighted by atomic mass is 35.5. The molecule has 0 spiro atoms. The fourth-order valence-corrected chi connectivity index (χ4v) is 5.38. The van der Waals surface area contributed by atoms with Gasteiger partial charge in [0.05, 0.1) is 17.7 Å². The fourth-order valence-electron chi connectivity index (χ4n) is 3.63. The zero-order valence-electron chi connectivity index (χ0n) is 17.9. The number of amides is 2. The number of sulfonamides is 1. The molecule has 1 aliphatic heterocycles. The van der Waals surface area contributed by atoms with Crippen LogP contribution in [0.5, 0.6) is 5.75 Å². The van der Waals surface area contributed by atoms with E-state index in [2.05, 4.69) is 4.72 Å². The molecule has 1 aliphatic carbocycles. The number of benzene rings is 2. The summed E-state index contributed by atoms with van der Waals surface area (Å²) in [6.07, 6.45) is 1.57. The van der Waals surface area contributed by atoms with E-state index < -0.39 is 15.8 Å². The van der Waals surface area contributed by atoms with Crippen molar-refractivity contribution in [2.45, 2.75) is 23.8 Å². The van der Waals surface area contributed by atoms with Gasteiger partial charge in [-0.25, -0.2) is 17.5 Å². The number of methoxy groups -OCH3 is 1. The van der Waals surface area contributed by atoms with E-state index in [1.807, 2.05) is 0 Å². The molecule has 8 nitrogen and oxygen atoms in total. The van der Waals surface area contributed by atoms with Crippen LogP contribution in [0, 0.1) is 5.82 Å². The maximum atomic E-state index is 13.3. The van der Waals surface area contributed by atoms with Gasteiger partial charge in [-0.2, -0.15) is 0 Å². The zero-order valence-corrected chi connectivity index (χ0v) is 19.5. The molecule has 4 rings (SSSR count). The number of hydrogen-bond donors (Lipinski definition) is 1. The van der Waals surface area contributed by atoms with Gasteiger partial charge in [-0.1, -0.05) is 11.6 Å². The third-order valence-corrected chi connectivity index (χ3v) is 7.47. The van der Waals surface area contributed by atoms with E-state index in [4.69, 9.17) is 16.3 Å². The molecule has 2 amide bonds. The molecule has 176 valence electrons. The molecule has 0 aromatic heterocycles. The minimum Gasteiger partial charge on any atom is -0.495 e. The summed E-state index contributed by atoms with van der Waals surface area (Å²) in [4.78, 5) is 28.8. The van der Waals surface area contributed by atoms with E-state index in [0.29, 0.717) is 0 Å². The van der Waals surface area contributed by atoms with E-state index in [-0.39, 0.29) is 70.8 Å². The molecule has 2 aliphatic rings. The summed E-state index contributed by atoms with van der Waals surface area (Å²) in [5.41, 5.74) is 0.416. The largest absolute Gasteiger partial charge is 0.495 e. The molecule has 1 saturated carbocycles. The van der Waals surface area contributed by atoms with Crippen molar-refractivity contribution in [1.29, 1.82) is 0 Å². The molecule has 0 atom stereocenters. The lowest BCUT2D eigenvalue weighted by atomic mass is 10.1. The highest BCUT2D eigenvalue weighted by Crippen LogP contribution is 2.29. The second-order valence-electron chi connectivity index (χ2n) is 7.97. The SMILES string of the molecule is COc1ccc(C(=O)N2CCN(C(=O)c3ccc(F)cc3Cl)CC2)cc1S(=O)(=O)NC1CC1. The van der Waals surface area contributed by atoms with Crippen molar-refractivity contribution in [2.24, 2.45) is 0 Å². The standard InChI is InChI=1S/C22H23ClFN3O5S/c1-32-19-7-2-14(12-20(19)33(30,31)25-16-4-5-16)21(28)26-8-10-27(11-9-26)22(29)17-6-3-15(24)13-18(17)23/h2-3,6-7,12-13,16,25H,4-5,8-11H2,1H3. The van der Waals surface area contributed by atoms with Crippen LogP contribution < -0.4 is 9.46 Å². The van der Waals surface area contributed by atoms with Gasteiger partial charge in [0.1, 0.15) is 16.5 Å². The van der Waals surface area contributed by atoms with Crippen LogP contribution in [0.4, 0.5) is 4.39 Å². The normalized spacial score (nSPS) is 16.6. The Morgan fingerprint density at radius 2 is 1.67 bits per heavy atom. The van der Waals surface area contributed by atoms with Crippen LogP contribution in [-0.2, 0) is 10.0 Å². The zero-order chi connectivity index (χ0) is 23.8. The predicted octanol–water partition coefficient (Wildman–Crippen LogP) is 2.53. The molecule has 33 heavy (non-hydrogen) atoms. The van der Waals surface area contributed by atoms with Gasteiger partial charge in [0.2, 0.25) is 10.0 Å². The fraction of sp³-hybridized carbons (Fsp3) is 0.364. The van der Waals surface area contributed by atoms with Crippen molar-refractivity contribution in [3.8, 4) is 5.75 Å². The van der Waals surface area contributed by atoms with E-state index >= 15 is 0 Å². The molecular formula is C22H23ClFN3O5S. The molecule has 0 bridgehead atoms. The molecule has 0 radical (unpaired) electrons. The first-order valence-corrected chi connectivity index (χ1v) is 12.3. The van der Waals surface area contributed by atoms with E-state index in [0.717, 1.165) is 18.9 Å². The summed E-state index contributed by atoms with van der Waals surface area (Å²) in [6.45, 7) is 1.06. The van der Waals surface area contributed by atoms with E-state index in [1.165, 1.54) is 37.4 Å². The Kier molecular flexibility index (Phi) is 6.60. The Balaban J connectivity index is 1.46. The van der Waals surface area contributed by atoms with Crippen molar-refractivity contribution in [3.05, 3.63) is 58.4 Å². The number of ether oxygens (including phenoxy) is 1. The predicted molar refractivity (Wildman–Crippen MR) is 120 cm³/mol. The Morgan fingerprint density at radius 3 is 2.24 bits per heavy atom. The number of nitrogens with zero attached hydrogens (tertiary/aromatic N) is 2.